The molecule has 0 radical (unpaired) electrons. The van der Waals surface area contributed by atoms with E-state index >= 15 is 0 Å². The van der Waals surface area contributed by atoms with E-state index in [0.717, 1.165) is 11.4 Å². The van der Waals surface area contributed by atoms with Crippen LogP contribution >= 0.6 is 0 Å². The van der Waals surface area contributed by atoms with Crippen LogP contribution < -0.4 is 5.32 Å². The van der Waals surface area contributed by atoms with Crippen LogP contribution in [0.5, 0.6) is 0 Å². The minimum absolute atomic E-state index is 0.159. The van der Waals surface area contributed by atoms with Crippen molar-refractivity contribution in [2.24, 2.45) is 0 Å². The first-order valence-electron chi connectivity index (χ1n) is 7.65. The molecule has 1 aromatic heterocycles. The summed E-state index contributed by atoms with van der Waals surface area (Å²) in [6.45, 7) is 3.61. The molecular formula is C19H17FN2O2. The molecule has 122 valence electrons. The summed E-state index contributed by atoms with van der Waals surface area (Å²) in [4.78, 5) is 16.1. The minimum atomic E-state index is -0.354. The Morgan fingerprint density at radius 3 is 2.58 bits per heavy atom. The van der Waals surface area contributed by atoms with Crippen LogP contribution in [-0.2, 0) is 4.74 Å². The first-order valence-corrected chi connectivity index (χ1v) is 7.65. The Labute approximate surface area is 139 Å². The third-order valence-electron chi connectivity index (χ3n) is 3.45. The molecule has 0 fully saturated rings. The van der Waals surface area contributed by atoms with E-state index in [9.17, 15) is 9.18 Å². The monoisotopic (exact) mass is 324 g/mol. The molecular weight excluding hydrogens is 307 g/mol. The van der Waals surface area contributed by atoms with E-state index in [0.29, 0.717) is 16.5 Å². The third kappa shape index (κ3) is 3.51. The van der Waals surface area contributed by atoms with Crippen LogP contribution in [0.15, 0.2) is 54.7 Å². The van der Waals surface area contributed by atoms with Gasteiger partial charge in [0.25, 0.3) is 0 Å². The van der Waals surface area contributed by atoms with E-state index < -0.39 is 0 Å². The van der Waals surface area contributed by atoms with Crippen molar-refractivity contribution in [2.45, 2.75) is 20.0 Å². The molecule has 2 aromatic carbocycles. The number of rotatable bonds is 4. The normalized spacial score (nSPS) is 10.8. The lowest BCUT2D eigenvalue weighted by atomic mass is 10.1. The second-order valence-electron chi connectivity index (χ2n) is 5.68. The topological polar surface area (TPSA) is 51.2 Å². The summed E-state index contributed by atoms with van der Waals surface area (Å²) in [7, 11) is 0. The second-order valence-corrected chi connectivity index (χ2v) is 5.68. The molecule has 24 heavy (non-hydrogen) atoms. The fraction of sp³-hybridized carbons (Fsp3) is 0.158. The molecule has 0 spiro atoms. The van der Waals surface area contributed by atoms with Crippen LogP contribution in [0.4, 0.5) is 15.8 Å². The maximum absolute atomic E-state index is 13.5. The highest BCUT2D eigenvalue weighted by atomic mass is 19.1. The minimum Gasteiger partial charge on any atom is -0.459 e. The second kappa shape index (κ2) is 6.66. The van der Waals surface area contributed by atoms with Gasteiger partial charge in [0.05, 0.1) is 17.2 Å². The Balaban J connectivity index is 1.84. The number of esters is 1. The highest BCUT2D eigenvalue weighted by Gasteiger charge is 2.09. The van der Waals surface area contributed by atoms with Crippen molar-refractivity contribution >= 4 is 28.2 Å². The average molecular weight is 324 g/mol. The van der Waals surface area contributed by atoms with Crippen molar-refractivity contribution in [3.63, 3.8) is 0 Å². The van der Waals surface area contributed by atoms with Gasteiger partial charge in [0.1, 0.15) is 5.82 Å². The number of halogens is 1. The van der Waals surface area contributed by atoms with E-state index in [4.69, 9.17) is 4.74 Å². The van der Waals surface area contributed by atoms with Gasteiger partial charge in [-0.1, -0.05) is 0 Å². The number of hydrogen-bond acceptors (Lipinski definition) is 4. The van der Waals surface area contributed by atoms with Crippen molar-refractivity contribution in [3.05, 3.63) is 66.1 Å². The standard InChI is InChI=1S/C19H17FN2O2/c1-12(2)24-19(23)13-3-6-15(7-4-13)22-18-9-10-21-17-8-5-14(20)11-16(17)18/h3-12H,1-2H3,(H,21,22). The predicted octanol–water partition coefficient (Wildman–Crippen LogP) is 4.68. The summed E-state index contributed by atoms with van der Waals surface area (Å²) in [5, 5.41) is 3.92. The smallest absolute Gasteiger partial charge is 0.338 e. The fourth-order valence-electron chi connectivity index (χ4n) is 2.35. The molecule has 0 saturated heterocycles. The number of pyridine rings is 1. The maximum atomic E-state index is 13.5. The summed E-state index contributed by atoms with van der Waals surface area (Å²) in [6.07, 6.45) is 1.50. The highest BCUT2D eigenvalue weighted by Crippen LogP contribution is 2.26. The molecule has 0 aliphatic rings. The van der Waals surface area contributed by atoms with Gasteiger partial charge in [0, 0.05) is 23.0 Å². The fourth-order valence-corrected chi connectivity index (χ4v) is 2.35. The number of hydrogen-bond donors (Lipinski definition) is 1. The Morgan fingerprint density at radius 1 is 1.12 bits per heavy atom. The highest BCUT2D eigenvalue weighted by molar-refractivity contribution is 5.93. The van der Waals surface area contributed by atoms with Crippen molar-refractivity contribution < 1.29 is 13.9 Å². The Kier molecular flexibility index (Phi) is 4.42. The Morgan fingerprint density at radius 2 is 1.88 bits per heavy atom. The maximum Gasteiger partial charge on any atom is 0.338 e. The first-order chi connectivity index (χ1) is 11.5. The molecule has 0 amide bonds. The van der Waals surface area contributed by atoms with Gasteiger partial charge in [-0.05, 0) is 62.4 Å². The van der Waals surface area contributed by atoms with Crippen LogP contribution in [0.25, 0.3) is 10.9 Å². The number of ether oxygens (including phenoxy) is 1. The van der Waals surface area contributed by atoms with Gasteiger partial charge in [-0.15, -0.1) is 0 Å². The zero-order valence-corrected chi connectivity index (χ0v) is 13.4. The van der Waals surface area contributed by atoms with Crippen molar-refractivity contribution in [2.75, 3.05) is 5.32 Å². The molecule has 3 aromatic rings. The summed E-state index contributed by atoms with van der Waals surface area (Å²) >= 11 is 0. The van der Waals surface area contributed by atoms with Crippen LogP contribution in [-0.4, -0.2) is 17.1 Å². The molecule has 0 atom stereocenters. The molecule has 4 nitrogen and oxygen atoms in total. The van der Waals surface area contributed by atoms with Crippen LogP contribution in [0.3, 0.4) is 0 Å². The van der Waals surface area contributed by atoms with E-state index in [1.165, 1.54) is 12.1 Å². The summed E-state index contributed by atoms with van der Waals surface area (Å²) in [5.41, 5.74) is 2.73. The van der Waals surface area contributed by atoms with Gasteiger partial charge in [0.15, 0.2) is 0 Å². The summed E-state index contributed by atoms with van der Waals surface area (Å²) < 4.78 is 18.7. The zero-order valence-electron chi connectivity index (χ0n) is 13.4. The molecule has 0 aliphatic heterocycles. The van der Waals surface area contributed by atoms with Gasteiger partial charge >= 0.3 is 5.97 Å². The molecule has 1 heterocycles. The van der Waals surface area contributed by atoms with Gasteiger partial charge in [-0.2, -0.15) is 0 Å². The number of fused-ring (bicyclic) bond motifs is 1. The molecule has 5 heteroatoms. The predicted molar refractivity (Wildman–Crippen MR) is 92.0 cm³/mol. The largest absolute Gasteiger partial charge is 0.459 e. The lowest BCUT2D eigenvalue weighted by Gasteiger charge is -2.11. The number of benzene rings is 2. The average Bonchev–Trinajstić information content (AvgIpc) is 2.55. The lowest BCUT2D eigenvalue weighted by Crippen LogP contribution is -2.11. The molecule has 0 aliphatic carbocycles. The number of carbonyl (C=O) groups is 1. The number of anilines is 2. The van der Waals surface area contributed by atoms with Gasteiger partial charge < -0.3 is 10.1 Å². The number of nitrogens with one attached hydrogen (secondary N) is 1. The number of nitrogens with zero attached hydrogens (tertiary/aromatic N) is 1. The summed E-state index contributed by atoms with van der Waals surface area (Å²) in [6, 6.07) is 13.2. The summed E-state index contributed by atoms with van der Waals surface area (Å²) in [5.74, 6) is -0.668. The van der Waals surface area contributed by atoms with Crippen LogP contribution in [0.2, 0.25) is 0 Å². The quantitative estimate of drug-likeness (QED) is 0.708. The van der Waals surface area contributed by atoms with E-state index in [-0.39, 0.29) is 17.9 Å². The zero-order chi connectivity index (χ0) is 17.1. The van der Waals surface area contributed by atoms with Crippen LogP contribution in [0.1, 0.15) is 24.2 Å². The Hall–Kier alpha value is -2.95. The van der Waals surface area contributed by atoms with Crippen molar-refractivity contribution in [3.8, 4) is 0 Å². The Bertz CT molecular complexity index is 876. The van der Waals surface area contributed by atoms with Crippen molar-refractivity contribution in [1.82, 2.24) is 4.98 Å². The lowest BCUT2D eigenvalue weighted by molar-refractivity contribution is 0.0378. The molecule has 1 N–H and O–H groups in total. The van der Waals surface area contributed by atoms with Crippen molar-refractivity contribution in [1.29, 1.82) is 0 Å². The number of carbonyl (C=O) groups excluding carboxylic acids is 1. The molecule has 3 rings (SSSR count). The van der Waals surface area contributed by atoms with E-state index in [2.05, 4.69) is 10.3 Å². The molecule has 0 saturated carbocycles. The molecule has 0 bridgehead atoms. The van der Waals surface area contributed by atoms with E-state index in [1.54, 1.807) is 42.6 Å². The van der Waals surface area contributed by atoms with Gasteiger partial charge in [0.2, 0.25) is 0 Å². The van der Waals surface area contributed by atoms with Gasteiger partial charge in [-0.3, -0.25) is 4.98 Å². The third-order valence-corrected chi connectivity index (χ3v) is 3.45. The first kappa shape index (κ1) is 15.9. The SMILES string of the molecule is CC(C)OC(=O)c1ccc(Nc2ccnc3ccc(F)cc23)cc1. The molecule has 0 unspecified atom stereocenters. The van der Waals surface area contributed by atoms with E-state index in [1.807, 2.05) is 13.8 Å². The number of aromatic nitrogens is 1. The van der Waals surface area contributed by atoms with Gasteiger partial charge in [-0.25, -0.2) is 9.18 Å². The van der Waals surface area contributed by atoms with Crippen LogP contribution in [0, 0.1) is 5.82 Å².